The maximum Gasteiger partial charge on any atom is 0.126 e. The second-order valence-corrected chi connectivity index (χ2v) is 4.87. The number of rotatable bonds is 4. The highest BCUT2D eigenvalue weighted by Crippen LogP contribution is 2.29. The summed E-state index contributed by atoms with van der Waals surface area (Å²) in [5.41, 5.74) is 6.77. The zero-order chi connectivity index (χ0) is 13.0. The van der Waals surface area contributed by atoms with Gasteiger partial charge in [0, 0.05) is 18.3 Å². The normalized spacial score (nSPS) is 17.4. The predicted octanol–water partition coefficient (Wildman–Crippen LogP) is 2.63. The Labute approximate surface area is 107 Å². The molecule has 0 amide bonds. The van der Waals surface area contributed by atoms with Gasteiger partial charge in [0.15, 0.2) is 0 Å². The molecule has 1 atom stereocenters. The number of anilines is 1. The van der Waals surface area contributed by atoms with Crippen molar-refractivity contribution >= 4 is 5.69 Å². The van der Waals surface area contributed by atoms with Crippen molar-refractivity contribution in [3.63, 3.8) is 0 Å². The zero-order valence-electron chi connectivity index (χ0n) is 10.3. The Balaban J connectivity index is 2.11. The zero-order valence-corrected chi connectivity index (χ0v) is 10.3. The van der Waals surface area contributed by atoms with Gasteiger partial charge in [-0.3, -0.25) is 0 Å². The van der Waals surface area contributed by atoms with Crippen LogP contribution in [0.3, 0.4) is 0 Å². The van der Waals surface area contributed by atoms with Crippen molar-refractivity contribution in [1.82, 2.24) is 0 Å². The Morgan fingerprint density at radius 2 is 2.11 bits per heavy atom. The minimum absolute atomic E-state index is 0.167. The topological polar surface area (TPSA) is 61.8 Å². The lowest BCUT2D eigenvalue weighted by Gasteiger charge is -2.24. The molecule has 1 aromatic rings. The highest BCUT2D eigenvalue weighted by molar-refractivity contribution is 5.50. The van der Waals surface area contributed by atoms with E-state index in [1.54, 1.807) is 6.07 Å². The summed E-state index contributed by atoms with van der Waals surface area (Å²) < 4.78 is 13.3. The van der Waals surface area contributed by atoms with E-state index in [0.717, 1.165) is 0 Å². The van der Waals surface area contributed by atoms with Crippen LogP contribution in [0.5, 0.6) is 0 Å². The minimum atomic E-state index is -0.390. The van der Waals surface area contributed by atoms with Crippen LogP contribution in [-0.2, 0) is 0 Å². The fourth-order valence-electron chi connectivity index (χ4n) is 2.68. The van der Waals surface area contributed by atoms with Gasteiger partial charge in [0.25, 0.3) is 0 Å². The summed E-state index contributed by atoms with van der Waals surface area (Å²) in [7, 11) is 0. The third-order valence-electron chi connectivity index (χ3n) is 3.60. The van der Waals surface area contributed by atoms with Gasteiger partial charge in [-0.05, 0) is 37.0 Å². The lowest BCUT2D eigenvalue weighted by Crippen LogP contribution is -2.35. The lowest BCUT2D eigenvalue weighted by molar-refractivity contribution is 0.462. The van der Waals surface area contributed by atoms with Crippen molar-refractivity contribution in [3.05, 3.63) is 29.6 Å². The van der Waals surface area contributed by atoms with E-state index in [9.17, 15) is 4.39 Å². The van der Waals surface area contributed by atoms with E-state index in [-0.39, 0.29) is 6.04 Å². The SMILES string of the molecule is N#Cc1cc(F)cc(NC(CN)C2CCCC2)c1. The number of hydrogen-bond acceptors (Lipinski definition) is 3. The summed E-state index contributed by atoms with van der Waals surface area (Å²) in [5.74, 6) is 0.169. The summed E-state index contributed by atoms with van der Waals surface area (Å²) >= 11 is 0. The molecule has 2 rings (SSSR count). The summed E-state index contributed by atoms with van der Waals surface area (Å²) in [5, 5.41) is 12.1. The van der Waals surface area contributed by atoms with E-state index in [1.165, 1.54) is 37.8 Å². The number of nitrogens with zero attached hydrogens (tertiary/aromatic N) is 1. The van der Waals surface area contributed by atoms with Gasteiger partial charge >= 0.3 is 0 Å². The van der Waals surface area contributed by atoms with E-state index < -0.39 is 5.82 Å². The first-order chi connectivity index (χ1) is 8.72. The molecule has 1 fully saturated rings. The van der Waals surface area contributed by atoms with E-state index in [4.69, 9.17) is 11.0 Å². The molecule has 3 N–H and O–H groups in total. The third kappa shape index (κ3) is 2.99. The molecule has 18 heavy (non-hydrogen) atoms. The molecule has 3 nitrogen and oxygen atoms in total. The van der Waals surface area contributed by atoms with Crippen LogP contribution in [0.1, 0.15) is 31.2 Å². The highest BCUT2D eigenvalue weighted by atomic mass is 19.1. The molecule has 1 saturated carbocycles. The van der Waals surface area contributed by atoms with Crippen LogP contribution in [0.15, 0.2) is 18.2 Å². The number of nitrogens with two attached hydrogens (primary N) is 1. The van der Waals surface area contributed by atoms with E-state index >= 15 is 0 Å². The molecule has 0 spiro atoms. The quantitative estimate of drug-likeness (QED) is 0.859. The molecule has 1 aliphatic rings. The van der Waals surface area contributed by atoms with Gasteiger partial charge in [-0.1, -0.05) is 12.8 Å². The average Bonchev–Trinajstić information content (AvgIpc) is 2.89. The number of halogens is 1. The first kappa shape index (κ1) is 12.8. The van der Waals surface area contributed by atoms with Crippen LogP contribution >= 0.6 is 0 Å². The molecule has 0 radical (unpaired) electrons. The second-order valence-electron chi connectivity index (χ2n) is 4.87. The Bertz CT molecular complexity index is 447. The second kappa shape index (κ2) is 5.83. The van der Waals surface area contributed by atoms with Gasteiger partial charge < -0.3 is 11.1 Å². The van der Waals surface area contributed by atoms with Gasteiger partial charge in [0.1, 0.15) is 5.82 Å². The van der Waals surface area contributed by atoms with Crippen LogP contribution in [0.4, 0.5) is 10.1 Å². The first-order valence-corrected chi connectivity index (χ1v) is 6.40. The average molecular weight is 247 g/mol. The molecule has 0 heterocycles. The Morgan fingerprint density at radius 1 is 1.39 bits per heavy atom. The molecular formula is C14H18FN3. The summed E-state index contributed by atoms with van der Waals surface area (Å²) in [6, 6.07) is 6.44. The fourth-order valence-corrected chi connectivity index (χ4v) is 2.68. The van der Waals surface area contributed by atoms with E-state index in [1.807, 2.05) is 6.07 Å². The maximum absolute atomic E-state index is 13.3. The van der Waals surface area contributed by atoms with Crippen molar-refractivity contribution < 1.29 is 4.39 Å². The van der Waals surface area contributed by atoms with Crippen molar-refractivity contribution in [2.75, 3.05) is 11.9 Å². The molecule has 1 aromatic carbocycles. The van der Waals surface area contributed by atoms with Crippen LogP contribution in [0.2, 0.25) is 0 Å². The monoisotopic (exact) mass is 247 g/mol. The van der Waals surface area contributed by atoms with Crippen LogP contribution in [0, 0.1) is 23.1 Å². The minimum Gasteiger partial charge on any atom is -0.381 e. The highest BCUT2D eigenvalue weighted by Gasteiger charge is 2.23. The summed E-state index contributed by atoms with van der Waals surface area (Å²) in [6.07, 6.45) is 4.84. The number of hydrogen-bond donors (Lipinski definition) is 2. The molecule has 0 aliphatic heterocycles. The van der Waals surface area contributed by atoms with Crippen molar-refractivity contribution in [2.45, 2.75) is 31.7 Å². The Kier molecular flexibility index (Phi) is 4.16. The molecule has 1 unspecified atom stereocenters. The van der Waals surface area contributed by atoms with Gasteiger partial charge in [-0.25, -0.2) is 4.39 Å². The van der Waals surface area contributed by atoms with Gasteiger partial charge in [0.2, 0.25) is 0 Å². The number of nitrogens with one attached hydrogen (secondary N) is 1. The summed E-state index contributed by atoms with van der Waals surface area (Å²) in [4.78, 5) is 0. The van der Waals surface area contributed by atoms with Crippen molar-refractivity contribution in [3.8, 4) is 6.07 Å². The molecule has 0 aromatic heterocycles. The number of nitriles is 1. The van der Waals surface area contributed by atoms with Crippen LogP contribution in [0.25, 0.3) is 0 Å². The van der Waals surface area contributed by atoms with Gasteiger partial charge in [0.05, 0.1) is 11.6 Å². The largest absolute Gasteiger partial charge is 0.381 e. The molecule has 0 bridgehead atoms. The van der Waals surface area contributed by atoms with Crippen molar-refractivity contribution in [2.24, 2.45) is 11.7 Å². The molecule has 1 aliphatic carbocycles. The van der Waals surface area contributed by atoms with E-state index in [2.05, 4.69) is 5.32 Å². The smallest absolute Gasteiger partial charge is 0.126 e. The van der Waals surface area contributed by atoms with Crippen LogP contribution in [-0.4, -0.2) is 12.6 Å². The third-order valence-corrected chi connectivity index (χ3v) is 3.60. The standard InChI is InChI=1S/C14H18FN3/c15-12-5-10(8-16)6-13(7-12)18-14(9-17)11-3-1-2-4-11/h5-7,11,14,18H,1-4,9,17H2. The number of benzene rings is 1. The van der Waals surface area contributed by atoms with Crippen molar-refractivity contribution in [1.29, 1.82) is 5.26 Å². The predicted molar refractivity (Wildman–Crippen MR) is 69.5 cm³/mol. The lowest BCUT2D eigenvalue weighted by atomic mass is 9.98. The van der Waals surface area contributed by atoms with Crippen LogP contribution < -0.4 is 11.1 Å². The Hall–Kier alpha value is -1.60. The summed E-state index contributed by atoms with van der Waals surface area (Å²) in [6.45, 7) is 0.531. The molecule has 96 valence electrons. The maximum atomic E-state index is 13.3. The van der Waals surface area contributed by atoms with E-state index in [0.29, 0.717) is 23.7 Å². The fraction of sp³-hybridized carbons (Fsp3) is 0.500. The van der Waals surface area contributed by atoms with Gasteiger partial charge in [-0.15, -0.1) is 0 Å². The molecular weight excluding hydrogens is 229 g/mol. The Morgan fingerprint density at radius 3 is 2.72 bits per heavy atom. The molecule has 0 saturated heterocycles. The molecule has 4 heteroatoms. The first-order valence-electron chi connectivity index (χ1n) is 6.40. The van der Waals surface area contributed by atoms with Gasteiger partial charge in [-0.2, -0.15) is 5.26 Å².